The average Bonchev–Trinajstić information content (AvgIpc) is 3.15. The lowest BCUT2D eigenvalue weighted by Crippen LogP contribution is -2.30. The lowest BCUT2D eigenvalue weighted by molar-refractivity contribution is -0.167. The van der Waals surface area contributed by atoms with Gasteiger partial charge in [0, 0.05) is 19.3 Å². The van der Waals surface area contributed by atoms with E-state index in [4.69, 9.17) is 14.2 Å². The summed E-state index contributed by atoms with van der Waals surface area (Å²) in [5.74, 6) is -0.0191. The summed E-state index contributed by atoms with van der Waals surface area (Å²) in [4.78, 5) is 37.7. The van der Waals surface area contributed by atoms with Crippen molar-refractivity contribution in [1.82, 2.24) is 0 Å². The summed E-state index contributed by atoms with van der Waals surface area (Å²) in [5, 5.41) is 0. The predicted octanol–water partition coefficient (Wildman–Crippen LogP) is 15.1. The van der Waals surface area contributed by atoms with Gasteiger partial charge in [-0.15, -0.1) is 0 Å². The van der Waals surface area contributed by atoms with E-state index in [9.17, 15) is 14.4 Å². The van der Waals surface area contributed by atoms with E-state index < -0.39 is 6.10 Å². The molecule has 0 aliphatic heterocycles. The fourth-order valence-electron chi connectivity index (χ4n) is 7.16. The SMILES string of the molecule is CCCCCCCCCCCCCCC(=O)OC[C@H](COC(=O)CCCCCCCCCCCCCCC(C)C)OC(=O)CCCCCCCCCCC. The molecule has 0 amide bonds. The van der Waals surface area contributed by atoms with Crippen molar-refractivity contribution < 1.29 is 28.6 Å². The molecule has 54 heavy (non-hydrogen) atoms. The number of rotatable bonds is 43. The minimum absolute atomic E-state index is 0.0635. The van der Waals surface area contributed by atoms with Crippen LogP contribution in [0.4, 0.5) is 0 Å². The first-order chi connectivity index (χ1) is 26.4. The van der Waals surface area contributed by atoms with E-state index in [1.54, 1.807) is 0 Å². The number of hydrogen-bond donors (Lipinski definition) is 0. The van der Waals surface area contributed by atoms with Gasteiger partial charge in [-0.3, -0.25) is 14.4 Å². The fourth-order valence-corrected chi connectivity index (χ4v) is 7.16. The van der Waals surface area contributed by atoms with E-state index >= 15 is 0 Å². The van der Waals surface area contributed by atoms with Crippen molar-refractivity contribution in [1.29, 1.82) is 0 Å². The largest absolute Gasteiger partial charge is 0.462 e. The Morgan fingerprint density at radius 3 is 0.907 bits per heavy atom. The Morgan fingerprint density at radius 2 is 0.611 bits per heavy atom. The first-order valence-corrected chi connectivity index (χ1v) is 23.9. The maximum Gasteiger partial charge on any atom is 0.306 e. The number of carbonyl (C=O) groups is 3. The van der Waals surface area contributed by atoms with Crippen LogP contribution in [0.3, 0.4) is 0 Å². The van der Waals surface area contributed by atoms with Crippen molar-refractivity contribution in [2.45, 2.75) is 271 Å². The zero-order valence-electron chi connectivity index (χ0n) is 36.7. The molecule has 0 aliphatic rings. The summed E-state index contributed by atoms with van der Waals surface area (Å²) in [6.07, 6.45) is 42.3. The van der Waals surface area contributed by atoms with Crippen LogP contribution in [0.2, 0.25) is 0 Å². The highest BCUT2D eigenvalue weighted by atomic mass is 16.6. The van der Waals surface area contributed by atoms with Crippen molar-refractivity contribution in [3.05, 3.63) is 0 Å². The molecule has 0 saturated heterocycles. The Bertz CT molecular complexity index is 811. The summed E-state index contributed by atoms with van der Waals surface area (Å²) in [6, 6.07) is 0. The number of ether oxygens (including phenoxy) is 3. The molecular weight excluding hydrogens is 673 g/mol. The van der Waals surface area contributed by atoms with Gasteiger partial charge in [0.05, 0.1) is 0 Å². The molecule has 0 spiro atoms. The molecule has 0 aliphatic carbocycles. The van der Waals surface area contributed by atoms with E-state index in [0.29, 0.717) is 19.3 Å². The Labute approximate surface area is 336 Å². The number of hydrogen-bond acceptors (Lipinski definition) is 6. The van der Waals surface area contributed by atoms with E-state index in [-0.39, 0.29) is 31.1 Å². The van der Waals surface area contributed by atoms with E-state index in [1.807, 2.05) is 0 Å². The van der Waals surface area contributed by atoms with Crippen LogP contribution >= 0.6 is 0 Å². The van der Waals surface area contributed by atoms with Gasteiger partial charge in [0.15, 0.2) is 6.10 Å². The fraction of sp³-hybridized carbons (Fsp3) is 0.938. The predicted molar refractivity (Wildman–Crippen MR) is 229 cm³/mol. The second-order valence-corrected chi connectivity index (χ2v) is 16.9. The lowest BCUT2D eigenvalue weighted by atomic mass is 10.0. The van der Waals surface area contributed by atoms with Crippen molar-refractivity contribution in [3.63, 3.8) is 0 Å². The summed E-state index contributed by atoms with van der Waals surface area (Å²) in [5.41, 5.74) is 0. The summed E-state index contributed by atoms with van der Waals surface area (Å²) in [7, 11) is 0. The van der Waals surface area contributed by atoms with Crippen LogP contribution in [0.1, 0.15) is 265 Å². The summed E-state index contributed by atoms with van der Waals surface area (Å²) in [6.45, 7) is 8.99. The van der Waals surface area contributed by atoms with Gasteiger partial charge in [0.1, 0.15) is 13.2 Å². The molecule has 6 nitrogen and oxygen atoms in total. The molecule has 0 aromatic heterocycles. The van der Waals surface area contributed by atoms with Gasteiger partial charge in [-0.2, -0.15) is 0 Å². The van der Waals surface area contributed by atoms with Crippen molar-refractivity contribution in [3.8, 4) is 0 Å². The quantitative estimate of drug-likeness (QED) is 0.0349. The van der Waals surface area contributed by atoms with Crippen LogP contribution in [-0.2, 0) is 28.6 Å². The Balaban J connectivity index is 4.27. The second kappa shape index (κ2) is 42.6. The standard InChI is InChI=1S/C48H92O6/c1-5-7-9-11-13-15-16-20-24-27-31-35-39-46(49)52-42-45(54-48(51)41-37-33-29-22-14-12-10-8-6-2)43-53-47(50)40-36-32-28-25-21-18-17-19-23-26-30-34-38-44(3)4/h44-45H,5-43H2,1-4H3/t45-/m1/s1. The highest BCUT2D eigenvalue weighted by Crippen LogP contribution is 2.16. The first-order valence-electron chi connectivity index (χ1n) is 23.9. The highest BCUT2D eigenvalue weighted by molar-refractivity contribution is 5.71. The highest BCUT2D eigenvalue weighted by Gasteiger charge is 2.19. The Kier molecular flexibility index (Phi) is 41.3. The maximum atomic E-state index is 12.7. The van der Waals surface area contributed by atoms with Crippen LogP contribution in [-0.4, -0.2) is 37.2 Å². The van der Waals surface area contributed by atoms with Crippen molar-refractivity contribution in [2.24, 2.45) is 5.92 Å². The van der Waals surface area contributed by atoms with Crippen LogP contribution in [0, 0.1) is 5.92 Å². The van der Waals surface area contributed by atoms with Crippen molar-refractivity contribution >= 4 is 17.9 Å². The molecule has 0 N–H and O–H groups in total. The van der Waals surface area contributed by atoms with Gasteiger partial charge >= 0.3 is 17.9 Å². The molecule has 0 saturated carbocycles. The minimum Gasteiger partial charge on any atom is -0.462 e. The molecule has 0 aromatic carbocycles. The van der Waals surface area contributed by atoms with Gasteiger partial charge in [-0.05, 0) is 25.2 Å². The second-order valence-electron chi connectivity index (χ2n) is 16.9. The molecule has 1 atom stereocenters. The smallest absolute Gasteiger partial charge is 0.306 e. The zero-order chi connectivity index (χ0) is 39.6. The van der Waals surface area contributed by atoms with Gasteiger partial charge in [0.25, 0.3) is 0 Å². The number of esters is 3. The average molecular weight is 765 g/mol. The van der Waals surface area contributed by atoms with Crippen molar-refractivity contribution in [2.75, 3.05) is 13.2 Å². The molecule has 6 heteroatoms. The molecule has 0 fully saturated rings. The normalized spacial score (nSPS) is 11.9. The molecule has 0 unspecified atom stereocenters. The van der Waals surface area contributed by atoms with E-state index in [2.05, 4.69) is 27.7 Å². The van der Waals surface area contributed by atoms with Crippen LogP contribution < -0.4 is 0 Å². The topological polar surface area (TPSA) is 78.9 Å². The third-order valence-corrected chi connectivity index (χ3v) is 10.8. The van der Waals surface area contributed by atoms with Gasteiger partial charge in [0.2, 0.25) is 0 Å². The van der Waals surface area contributed by atoms with Gasteiger partial charge in [-0.1, -0.05) is 227 Å². The van der Waals surface area contributed by atoms with E-state index in [0.717, 1.165) is 63.7 Å². The first kappa shape index (κ1) is 52.4. The van der Waals surface area contributed by atoms with E-state index in [1.165, 1.54) is 161 Å². The lowest BCUT2D eigenvalue weighted by Gasteiger charge is -2.18. The third-order valence-electron chi connectivity index (χ3n) is 10.8. The van der Waals surface area contributed by atoms with Crippen LogP contribution in [0.5, 0.6) is 0 Å². The maximum absolute atomic E-state index is 12.7. The minimum atomic E-state index is -0.758. The summed E-state index contributed by atoms with van der Waals surface area (Å²) < 4.78 is 16.7. The molecule has 0 aromatic rings. The Hall–Kier alpha value is -1.59. The van der Waals surface area contributed by atoms with Crippen LogP contribution in [0.25, 0.3) is 0 Å². The number of unbranched alkanes of at least 4 members (excludes halogenated alkanes) is 30. The molecule has 0 rings (SSSR count). The van der Waals surface area contributed by atoms with Gasteiger partial charge < -0.3 is 14.2 Å². The van der Waals surface area contributed by atoms with Crippen LogP contribution in [0.15, 0.2) is 0 Å². The monoisotopic (exact) mass is 765 g/mol. The molecule has 0 radical (unpaired) electrons. The molecule has 0 bridgehead atoms. The molecular formula is C48H92O6. The molecule has 0 heterocycles. The zero-order valence-corrected chi connectivity index (χ0v) is 36.7. The Morgan fingerprint density at radius 1 is 0.352 bits per heavy atom. The summed E-state index contributed by atoms with van der Waals surface area (Å²) >= 11 is 0. The third kappa shape index (κ3) is 41.6. The van der Waals surface area contributed by atoms with Gasteiger partial charge in [-0.25, -0.2) is 0 Å². The number of carbonyl (C=O) groups excluding carboxylic acids is 3. The molecule has 320 valence electrons.